The molecular formula is C19H18N2O3. The summed E-state index contributed by atoms with van der Waals surface area (Å²) >= 11 is 0. The number of aliphatic imine (C=N–C) groups is 1. The van der Waals surface area contributed by atoms with E-state index in [1.165, 1.54) is 0 Å². The molecule has 2 aromatic carbocycles. The fraction of sp³-hybridized carbons (Fsp3) is 0.158. The average molecular weight is 322 g/mol. The summed E-state index contributed by atoms with van der Waals surface area (Å²) in [5, 5.41) is 2.81. The third-order valence-electron chi connectivity index (χ3n) is 3.70. The van der Waals surface area contributed by atoms with Crippen molar-refractivity contribution in [1.29, 1.82) is 0 Å². The van der Waals surface area contributed by atoms with E-state index < -0.39 is 0 Å². The molecule has 5 nitrogen and oxygen atoms in total. The normalized spacial score (nSPS) is 15.2. The number of carbonyl (C=O) groups excluding carboxylic acids is 1. The van der Waals surface area contributed by atoms with E-state index >= 15 is 0 Å². The highest BCUT2D eigenvalue weighted by atomic mass is 16.5. The summed E-state index contributed by atoms with van der Waals surface area (Å²) in [5.74, 6) is 2.03. The van der Waals surface area contributed by atoms with Gasteiger partial charge in [-0.3, -0.25) is 4.79 Å². The molecule has 3 rings (SSSR count). The number of hydrogen-bond acceptors (Lipinski definition) is 4. The zero-order chi connectivity index (χ0) is 16.9. The second-order valence-electron chi connectivity index (χ2n) is 5.34. The third-order valence-corrected chi connectivity index (χ3v) is 3.70. The summed E-state index contributed by atoms with van der Waals surface area (Å²) in [4.78, 5) is 16.5. The Hall–Kier alpha value is -3.08. The highest BCUT2D eigenvalue weighted by molar-refractivity contribution is 6.14. The maximum Gasteiger partial charge on any atom is 0.275 e. The van der Waals surface area contributed by atoms with Crippen molar-refractivity contribution in [1.82, 2.24) is 5.32 Å². The molecule has 1 aliphatic heterocycles. The quantitative estimate of drug-likeness (QED) is 0.861. The first-order chi connectivity index (χ1) is 11.7. The van der Waals surface area contributed by atoms with Crippen LogP contribution in [0.4, 0.5) is 0 Å². The largest absolute Gasteiger partial charge is 0.497 e. The minimum absolute atomic E-state index is 0.186. The van der Waals surface area contributed by atoms with Gasteiger partial charge in [0.05, 0.1) is 14.2 Å². The van der Waals surface area contributed by atoms with Crippen LogP contribution in [-0.2, 0) is 11.2 Å². The van der Waals surface area contributed by atoms with Gasteiger partial charge < -0.3 is 14.8 Å². The Balaban J connectivity index is 1.74. The van der Waals surface area contributed by atoms with Crippen LogP contribution in [-0.4, -0.2) is 26.0 Å². The van der Waals surface area contributed by atoms with Crippen LogP contribution in [0, 0.1) is 0 Å². The van der Waals surface area contributed by atoms with Gasteiger partial charge in [-0.05, 0) is 41.5 Å². The molecule has 0 spiro atoms. The standard InChI is InChI=1S/C19H18N2O3/c1-23-15-7-3-13(4-8-15)11-17-19(22)21-18(20-17)12-14-5-9-16(24-2)10-6-14/h3-11H,12H2,1-2H3,(H,20,21,22)/b17-11+. The highest BCUT2D eigenvalue weighted by Gasteiger charge is 2.19. The lowest BCUT2D eigenvalue weighted by atomic mass is 10.1. The number of nitrogens with zero attached hydrogens (tertiary/aromatic N) is 1. The van der Waals surface area contributed by atoms with Crippen molar-refractivity contribution >= 4 is 17.8 Å². The van der Waals surface area contributed by atoms with Gasteiger partial charge in [-0.1, -0.05) is 24.3 Å². The van der Waals surface area contributed by atoms with Gasteiger partial charge in [-0.25, -0.2) is 4.99 Å². The van der Waals surface area contributed by atoms with Crippen molar-refractivity contribution in [3.05, 3.63) is 65.4 Å². The predicted octanol–water partition coefficient (Wildman–Crippen LogP) is 2.82. The number of ether oxygens (including phenoxy) is 2. The van der Waals surface area contributed by atoms with E-state index in [4.69, 9.17) is 9.47 Å². The maximum absolute atomic E-state index is 12.1. The fourth-order valence-electron chi connectivity index (χ4n) is 2.40. The minimum atomic E-state index is -0.186. The molecule has 0 saturated carbocycles. The van der Waals surface area contributed by atoms with Crippen LogP contribution >= 0.6 is 0 Å². The maximum atomic E-state index is 12.1. The number of methoxy groups -OCH3 is 2. The molecule has 0 aliphatic carbocycles. The second-order valence-corrected chi connectivity index (χ2v) is 5.34. The summed E-state index contributed by atoms with van der Waals surface area (Å²) in [5.41, 5.74) is 2.36. The molecule has 0 fully saturated rings. The van der Waals surface area contributed by atoms with E-state index in [2.05, 4.69) is 10.3 Å². The van der Waals surface area contributed by atoms with Crippen molar-refractivity contribution in [2.45, 2.75) is 6.42 Å². The van der Waals surface area contributed by atoms with E-state index in [1.54, 1.807) is 20.3 Å². The first-order valence-electron chi connectivity index (χ1n) is 7.55. The summed E-state index contributed by atoms with van der Waals surface area (Å²) in [6, 6.07) is 15.2. The minimum Gasteiger partial charge on any atom is -0.497 e. The van der Waals surface area contributed by atoms with Crippen molar-refractivity contribution in [2.75, 3.05) is 14.2 Å². The van der Waals surface area contributed by atoms with Crippen molar-refractivity contribution in [3.8, 4) is 11.5 Å². The van der Waals surface area contributed by atoms with Crippen molar-refractivity contribution < 1.29 is 14.3 Å². The van der Waals surface area contributed by atoms with E-state index in [1.807, 2.05) is 48.5 Å². The molecule has 0 atom stereocenters. The zero-order valence-electron chi connectivity index (χ0n) is 13.6. The molecular weight excluding hydrogens is 304 g/mol. The van der Waals surface area contributed by atoms with Crippen LogP contribution in [0.3, 0.4) is 0 Å². The molecule has 24 heavy (non-hydrogen) atoms. The van der Waals surface area contributed by atoms with Gasteiger partial charge in [0.15, 0.2) is 0 Å². The van der Waals surface area contributed by atoms with Crippen LogP contribution in [0.1, 0.15) is 11.1 Å². The predicted molar refractivity (Wildman–Crippen MR) is 93.2 cm³/mol. The first-order valence-corrected chi connectivity index (χ1v) is 7.55. The molecule has 1 amide bonds. The van der Waals surface area contributed by atoms with Gasteiger partial charge in [0.1, 0.15) is 23.0 Å². The summed E-state index contributed by atoms with van der Waals surface area (Å²) in [7, 11) is 3.25. The number of carbonyl (C=O) groups is 1. The van der Waals surface area contributed by atoms with Gasteiger partial charge >= 0.3 is 0 Å². The van der Waals surface area contributed by atoms with Gasteiger partial charge in [-0.15, -0.1) is 0 Å². The monoisotopic (exact) mass is 322 g/mol. The highest BCUT2D eigenvalue weighted by Crippen LogP contribution is 2.18. The molecule has 122 valence electrons. The molecule has 0 saturated heterocycles. The number of amidine groups is 1. The summed E-state index contributed by atoms with van der Waals surface area (Å²) in [6.07, 6.45) is 2.32. The third kappa shape index (κ3) is 3.63. The fourth-order valence-corrected chi connectivity index (χ4v) is 2.40. The average Bonchev–Trinajstić information content (AvgIpc) is 2.95. The van der Waals surface area contributed by atoms with Crippen LogP contribution in [0.25, 0.3) is 6.08 Å². The second kappa shape index (κ2) is 7.00. The molecule has 0 radical (unpaired) electrons. The van der Waals surface area contributed by atoms with Crippen molar-refractivity contribution in [2.24, 2.45) is 4.99 Å². The van der Waals surface area contributed by atoms with Crippen molar-refractivity contribution in [3.63, 3.8) is 0 Å². The van der Waals surface area contributed by atoms with E-state index in [9.17, 15) is 4.79 Å². The van der Waals surface area contributed by atoms with Gasteiger partial charge in [-0.2, -0.15) is 0 Å². The SMILES string of the molecule is COc1ccc(/C=C2/N=C(Cc3ccc(OC)cc3)NC2=O)cc1. The van der Waals surface area contributed by atoms with E-state index in [0.717, 1.165) is 22.6 Å². The molecule has 1 aliphatic rings. The Morgan fingerprint density at radius 1 is 0.958 bits per heavy atom. The topological polar surface area (TPSA) is 59.9 Å². The van der Waals surface area contributed by atoms with E-state index in [0.29, 0.717) is 18.0 Å². The molecule has 0 unspecified atom stereocenters. The molecule has 5 heteroatoms. The zero-order valence-corrected chi connectivity index (χ0v) is 13.6. The Labute approximate surface area is 140 Å². The lowest BCUT2D eigenvalue weighted by Crippen LogP contribution is -2.25. The number of nitrogens with one attached hydrogen (secondary N) is 1. The van der Waals surface area contributed by atoms with Crippen LogP contribution in [0.2, 0.25) is 0 Å². The van der Waals surface area contributed by atoms with Gasteiger partial charge in [0, 0.05) is 6.42 Å². The number of amides is 1. The van der Waals surface area contributed by atoms with Crippen LogP contribution < -0.4 is 14.8 Å². The number of benzene rings is 2. The van der Waals surface area contributed by atoms with Gasteiger partial charge in [0.25, 0.3) is 5.91 Å². The molecule has 0 aromatic heterocycles. The van der Waals surface area contributed by atoms with E-state index in [-0.39, 0.29) is 5.91 Å². The first kappa shape index (κ1) is 15.8. The Bertz CT molecular complexity index is 790. The number of rotatable bonds is 5. The van der Waals surface area contributed by atoms with Crippen LogP contribution in [0.5, 0.6) is 11.5 Å². The Morgan fingerprint density at radius 3 is 2.12 bits per heavy atom. The Kier molecular flexibility index (Phi) is 4.61. The summed E-state index contributed by atoms with van der Waals surface area (Å²) < 4.78 is 10.3. The molecule has 1 heterocycles. The number of hydrogen-bond donors (Lipinski definition) is 1. The Morgan fingerprint density at radius 2 is 1.54 bits per heavy atom. The molecule has 2 aromatic rings. The van der Waals surface area contributed by atoms with Crippen LogP contribution in [0.15, 0.2) is 59.2 Å². The lowest BCUT2D eigenvalue weighted by Gasteiger charge is -2.03. The smallest absolute Gasteiger partial charge is 0.275 e. The molecule has 0 bridgehead atoms. The lowest BCUT2D eigenvalue weighted by molar-refractivity contribution is -0.115. The summed E-state index contributed by atoms with van der Waals surface area (Å²) in [6.45, 7) is 0. The molecule has 1 N–H and O–H groups in total. The van der Waals surface area contributed by atoms with Gasteiger partial charge in [0.2, 0.25) is 0 Å².